The third-order valence-corrected chi connectivity index (χ3v) is 4.81. The minimum absolute atomic E-state index is 0.818. The first-order valence-electron chi connectivity index (χ1n) is 8.90. The lowest BCUT2D eigenvalue weighted by molar-refractivity contribution is 0.141. The van der Waals surface area contributed by atoms with Gasteiger partial charge in [-0.05, 0) is 24.8 Å². The molecule has 1 saturated carbocycles. The quantitative estimate of drug-likeness (QED) is 0.768. The highest BCUT2D eigenvalue weighted by Gasteiger charge is 2.15. The zero-order valence-electron chi connectivity index (χ0n) is 14.7. The summed E-state index contributed by atoms with van der Waals surface area (Å²) < 4.78 is 0. The van der Waals surface area contributed by atoms with Gasteiger partial charge < -0.3 is 9.80 Å². The first-order chi connectivity index (χ1) is 9.49. The summed E-state index contributed by atoms with van der Waals surface area (Å²) >= 11 is 0. The van der Waals surface area contributed by atoms with Gasteiger partial charge in [-0.25, -0.2) is 0 Å². The minimum atomic E-state index is 0.818. The molecule has 0 aromatic rings. The molecule has 20 heavy (non-hydrogen) atoms. The number of piperazine rings is 1. The number of likely N-dealkylation sites (N-methyl/N-ethyl adjacent to an activating group) is 1. The smallest absolute Gasteiger partial charge is 0.0110 e. The lowest BCUT2D eigenvalue weighted by Gasteiger charge is -2.33. The van der Waals surface area contributed by atoms with E-state index in [-0.39, 0.29) is 0 Å². The molecule has 0 aromatic heterocycles. The van der Waals surface area contributed by atoms with E-state index in [0.717, 1.165) is 17.8 Å². The summed E-state index contributed by atoms with van der Waals surface area (Å²) in [6.45, 7) is 15.6. The molecule has 0 N–H and O–H groups in total. The van der Waals surface area contributed by atoms with E-state index >= 15 is 0 Å². The van der Waals surface area contributed by atoms with Crippen LogP contribution >= 0.6 is 0 Å². The fourth-order valence-electron chi connectivity index (χ4n) is 3.35. The molecule has 0 radical (unpaired) electrons. The average Bonchev–Trinajstić information content (AvgIpc) is 2.43. The van der Waals surface area contributed by atoms with E-state index in [2.05, 4.69) is 44.5 Å². The van der Waals surface area contributed by atoms with Crippen LogP contribution in [0.2, 0.25) is 0 Å². The molecular formula is C18H38N2. The molecule has 2 aliphatic rings. The normalized spacial score (nSPS) is 22.9. The molecule has 1 heterocycles. The van der Waals surface area contributed by atoms with E-state index in [9.17, 15) is 0 Å². The fraction of sp³-hybridized carbons (Fsp3) is 1.00. The second-order valence-corrected chi connectivity index (χ2v) is 7.64. The highest BCUT2D eigenvalue weighted by molar-refractivity contribution is 4.69. The first-order valence-corrected chi connectivity index (χ1v) is 8.90. The van der Waals surface area contributed by atoms with Crippen LogP contribution in [0.4, 0.5) is 0 Å². The molecule has 1 saturated heterocycles. The van der Waals surface area contributed by atoms with E-state index < -0.39 is 0 Å². The molecule has 2 nitrogen and oxygen atoms in total. The van der Waals surface area contributed by atoms with Crippen LogP contribution in [0.15, 0.2) is 0 Å². The Morgan fingerprint density at radius 3 is 1.80 bits per heavy atom. The highest BCUT2D eigenvalue weighted by Crippen LogP contribution is 2.29. The van der Waals surface area contributed by atoms with Crippen molar-refractivity contribution >= 4 is 0 Å². The molecule has 1 aliphatic heterocycles. The Morgan fingerprint density at radius 1 is 0.850 bits per heavy atom. The van der Waals surface area contributed by atoms with Crippen LogP contribution < -0.4 is 0 Å². The fourth-order valence-corrected chi connectivity index (χ4v) is 3.35. The first kappa shape index (κ1) is 18.0. The van der Waals surface area contributed by atoms with Crippen LogP contribution in [0, 0.1) is 17.8 Å². The lowest BCUT2D eigenvalue weighted by Crippen LogP contribution is -2.45. The zero-order valence-corrected chi connectivity index (χ0v) is 14.7. The Hall–Kier alpha value is -0.0800. The summed E-state index contributed by atoms with van der Waals surface area (Å²) in [6.07, 6.45) is 7.46. The van der Waals surface area contributed by atoms with Crippen LogP contribution in [0.5, 0.6) is 0 Å². The van der Waals surface area contributed by atoms with Crippen LogP contribution in [-0.2, 0) is 0 Å². The predicted octanol–water partition coefficient (Wildman–Crippen LogP) is 4.11. The standard InChI is InChI=1S/C9H20N2.C9H18/c1-9(2)8-11-6-4-10(3)5-7-11;1-8(2)9-6-4-3-5-7-9/h9H,4-8H2,1-3H3;8-9H,3-7H2,1-2H3. The van der Waals surface area contributed by atoms with Crippen molar-refractivity contribution in [2.45, 2.75) is 59.8 Å². The molecule has 0 unspecified atom stereocenters. The van der Waals surface area contributed by atoms with Crippen molar-refractivity contribution in [2.24, 2.45) is 17.8 Å². The van der Waals surface area contributed by atoms with Gasteiger partial charge in [0.25, 0.3) is 0 Å². The van der Waals surface area contributed by atoms with E-state index in [1.54, 1.807) is 0 Å². The van der Waals surface area contributed by atoms with E-state index in [1.165, 1.54) is 64.8 Å². The van der Waals surface area contributed by atoms with Gasteiger partial charge in [0.15, 0.2) is 0 Å². The number of nitrogens with zero attached hydrogens (tertiary/aromatic N) is 2. The zero-order chi connectivity index (χ0) is 15.0. The van der Waals surface area contributed by atoms with Gasteiger partial charge in [0.1, 0.15) is 0 Å². The van der Waals surface area contributed by atoms with Crippen molar-refractivity contribution in [1.82, 2.24) is 9.80 Å². The predicted molar refractivity (Wildman–Crippen MR) is 90.2 cm³/mol. The van der Waals surface area contributed by atoms with Crippen molar-refractivity contribution in [1.29, 1.82) is 0 Å². The number of rotatable bonds is 3. The summed E-state index contributed by atoms with van der Waals surface area (Å²) in [6, 6.07) is 0. The summed E-state index contributed by atoms with van der Waals surface area (Å²) in [5.74, 6) is 2.81. The molecule has 0 spiro atoms. The minimum Gasteiger partial charge on any atom is -0.304 e. The Labute approximate surface area is 127 Å². The Morgan fingerprint density at radius 2 is 1.40 bits per heavy atom. The van der Waals surface area contributed by atoms with Gasteiger partial charge in [-0.3, -0.25) is 0 Å². The molecule has 0 atom stereocenters. The van der Waals surface area contributed by atoms with Crippen LogP contribution in [0.25, 0.3) is 0 Å². The summed E-state index contributed by atoms with van der Waals surface area (Å²) in [5.41, 5.74) is 0. The topological polar surface area (TPSA) is 6.48 Å². The average molecular weight is 283 g/mol. The van der Waals surface area contributed by atoms with E-state index in [1.807, 2.05) is 0 Å². The van der Waals surface area contributed by atoms with Crippen LogP contribution in [0.1, 0.15) is 59.8 Å². The van der Waals surface area contributed by atoms with Crippen molar-refractivity contribution in [3.05, 3.63) is 0 Å². The highest BCUT2D eigenvalue weighted by atomic mass is 15.2. The largest absolute Gasteiger partial charge is 0.304 e. The maximum atomic E-state index is 2.56. The Balaban J connectivity index is 0.000000204. The molecule has 0 bridgehead atoms. The van der Waals surface area contributed by atoms with Crippen LogP contribution in [0.3, 0.4) is 0 Å². The van der Waals surface area contributed by atoms with Crippen molar-refractivity contribution < 1.29 is 0 Å². The third-order valence-electron chi connectivity index (χ3n) is 4.81. The molecule has 1 aliphatic carbocycles. The molecule has 0 aromatic carbocycles. The monoisotopic (exact) mass is 282 g/mol. The van der Waals surface area contributed by atoms with Gasteiger partial charge in [-0.1, -0.05) is 59.8 Å². The SMILES string of the molecule is CC(C)C1CCCCC1.CC(C)CN1CCN(C)CC1. The Bertz CT molecular complexity index is 224. The van der Waals surface area contributed by atoms with Gasteiger partial charge >= 0.3 is 0 Å². The molecule has 2 fully saturated rings. The summed E-state index contributed by atoms with van der Waals surface area (Å²) in [7, 11) is 2.20. The van der Waals surface area contributed by atoms with Gasteiger partial charge in [-0.2, -0.15) is 0 Å². The maximum absolute atomic E-state index is 2.56. The van der Waals surface area contributed by atoms with Crippen LogP contribution in [-0.4, -0.2) is 49.6 Å². The van der Waals surface area contributed by atoms with Crippen molar-refractivity contribution in [3.63, 3.8) is 0 Å². The van der Waals surface area contributed by atoms with Gasteiger partial charge in [0, 0.05) is 32.7 Å². The molecule has 2 heteroatoms. The molecular weight excluding hydrogens is 244 g/mol. The third kappa shape index (κ3) is 7.64. The lowest BCUT2D eigenvalue weighted by atomic mass is 9.82. The molecule has 120 valence electrons. The van der Waals surface area contributed by atoms with E-state index in [4.69, 9.17) is 0 Å². The summed E-state index contributed by atoms with van der Waals surface area (Å²) in [4.78, 5) is 4.96. The molecule has 2 rings (SSSR count). The Kier molecular flexibility index (Phi) is 8.79. The number of hydrogen-bond donors (Lipinski definition) is 0. The van der Waals surface area contributed by atoms with Gasteiger partial charge in [0.2, 0.25) is 0 Å². The number of hydrogen-bond acceptors (Lipinski definition) is 2. The van der Waals surface area contributed by atoms with E-state index in [0.29, 0.717) is 0 Å². The van der Waals surface area contributed by atoms with Gasteiger partial charge in [0.05, 0.1) is 0 Å². The maximum Gasteiger partial charge on any atom is 0.0110 e. The second kappa shape index (κ2) is 9.78. The van der Waals surface area contributed by atoms with Crippen molar-refractivity contribution in [3.8, 4) is 0 Å². The van der Waals surface area contributed by atoms with Crippen molar-refractivity contribution in [2.75, 3.05) is 39.8 Å². The summed E-state index contributed by atoms with van der Waals surface area (Å²) in [5, 5.41) is 0. The van der Waals surface area contributed by atoms with Gasteiger partial charge in [-0.15, -0.1) is 0 Å². The second-order valence-electron chi connectivity index (χ2n) is 7.64. The molecule has 0 amide bonds.